The second-order valence-electron chi connectivity index (χ2n) is 4.98. The lowest BCUT2D eigenvalue weighted by Gasteiger charge is -2.08. The van der Waals surface area contributed by atoms with Gasteiger partial charge in [0.15, 0.2) is 0 Å². The van der Waals surface area contributed by atoms with Gasteiger partial charge in [-0.15, -0.1) is 0 Å². The lowest BCUT2D eigenvalue weighted by Crippen LogP contribution is -2.11. The minimum Gasteiger partial charge on any atom is -0.325 e. The van der Waals surface area contributed by atoms with Crippen molar-refractivity contribution in [1.29, 1.82) is 0 Å². The number of carbonyl (C=O) groups excluding carboxylic acids is 1. The number of hydrogen-bond acceptors (Lipinski definition) is 1. The van der Waals surface area contributed by atoms with Crippen LogP contribution in [0, 0.1) is 0 Å². The molecular weight excluding hydrogens is 290 g/mol. The number of nitrogens with one attached hydrogen (secondary N) is 1. The Labute approximate surface area is 117 Å². The van der Waals surface area contributed by atoms with Crippen molar-refractivity contribution in [2.45, 2.75) is 51.4 Å². The summed E-state index contributed by atoms with van der Waals surface area (Å²) < 4.78 is 1.05. The number of carbonyl (C=O) groups is 1. The van der Waals surface area contributed by atoms with E-state index < -0.39 is 0 Å². The summed E-state index contributed by atoms with van der Waals surface area (Å²) in [6, 6.07) is 6.03. The van der Waals surface area contributed by atoms with E-state index in [-0.39, 0.29) is 11.8 Å². The van der Waals surface area contributed by atoms with Gasteiger partial charge in [-0.1, -0.05) is 55.0 Å². The maximum Gasteiger partial charge on any atom is 0.232 e. The molecule has 2 nitrogen and oxygen atoms in total. The number of anilines is 1. The van der Waals surface area contributed by atoms with E-state index in [1.54, 1.807) is 0 Å². The zero-order valence-electron chi connectivity index (χ0n) is 10.8. The lowest BCUT2D eigenvalue weighted by molar-refractivity contribution is -0.117. The van der Waals surface area contributed by atoms with Crippen LogP contribution in [0.4, 0.5) is 5.69 Å². The lowest BCUT2D eigenvalue weighted by atomic mass is 9.94. The van der Waals surface area contributed by atoms with Gasteiger partial charge in [0, 0.05) is 10.2 Å². The Hall–Kier alpha value is -0.830. The topological polar surface area (TPSA) is 29.1 Å². The summed E-state index contributed by atoms with van der Waals surface area (Å²) in [6.45, 7) is 2.22. The number of amides is 1. The molecule has 1 aliphatic heterocycles. The van der Waals surface area contributed by atoms with Crippen LogP contribution in [0.15, 0.2) is 22.7 Å². The Bertz CT molecular complexity index is 431. The average Bonchev–Trinajstić information content (AvgIpc) is 2.65. The molecule has 0 saturated heterocycles. The van der Waals surface area contributed by atoms with E-state index in [1.165, 1.54) is 25.7 Å². The first-order valence-corrected chi connectivity index (χ1v) is 7.62. The van der Waals surface area contributed by atoms with Crippen LogP contribution in [-0.2, 0) is 4.79 Å². The van der Waals surface area contributed by atoms with Gasteiger partial charge in [0.1, 0.15) is 0 Å². The van der Waals surface area contributed by atoms with Gasteiger partial charge in [0.2, 0.25) is 5.91 Å². The molecule has 18 heavy (non-hydrogen) atoms. The van der Waals surface area contributed by atoms with E-state index in [1.807, 2.05) is 12.1 Å². The SMILES string of the molecule is CCCCCCCC1C(=O)Nc2ccc(Br)cc21. The van der Waals surface area contributed by atoms with Crippen molar-refractivity contribution in [3.63, 3.8) is 0 Å². The molecule has 0 bridgehead atoms. The molecule has 1 aliphatic rings. The maximum absolute atomic E-state index is 11.9. The highest BCUT2D eigenvalue weighted by Crippen LogP contribution is 2.37. The second kappa shape index (κ2) is 6.37. The normalized spacial score (nSPS) is 17.7. The van der Waals surface area contributed by atoms with Gasteiger partial charge >= 0.3 is 0 Å². The summed E-state index contributed by atoms with van der Waals surface area (Å²) >= 11 is 3.48. The van der Waals surface area contributed by atoms with Gasteiger partial charge in [-0.3, -0.25) is 4.79 Å². The summed E-state index contributed by atoms with van der Waals surface area (Å²) in [5.74, 6) is 0.220. The number of halogens is 1. The molecule has 1 aromatic carbocycles. The fourth-order valence-corrected chi connectivity index (χ4v) is 2.91. The molecular formula is C15H20BrNO. The summed E-state index contributed by atoms with van der Waals surface area (Å²) in [5, 5.41) is 2.97. The van der Waals surface area contributed by atoms with Crippen LogP contribution in [0.25, 0.3) is 0 Å². The molecule has 0 radical (unpaired) electrons. The molecule has 1 amide bonds. The Morgan fingerprint density at radius 2 is 2.00 bits per heavy atom. The van der Waals surface area contributed by atoms with E-state index in [9.17, 15) is 4.79 Å². The van der Waals surface area contributed by atoms with E-state index in [0.29, 0.717) is 0 Å². The number of benzene rings is 1. The first-order chi connectivity index (χ1) is 8.72. The van der Waals surface area contributed by atoms with Crippen LogP contribution in [0.1, 0.15) is 56.9 Å². The molecule has 1 unspecified atom stereocenters. The summed E-state index contributed by atoms with van der Waals surface area (Å²) in [5.41, 5.74) is 2.15. The second-order valence-corrected chi connectivity index (χ2v) is 5.89. The number of rotatable bonds is 6. The quantitative estimate of drug-likeness (QED) is 0.748. The van der Waals surface area contributed by atoms with Gasteiger partial charge in [0.05, 0.1) is 5.92 Å². The fraction of sp³-hybridized carbons (Fsp3) is 0.533. The highest BCUT2D eigenvalue weighted by Gasteiger charge is 2.29. The zero-order valence-corrected chi connectivity index (χ0v) is 12.4. The molecule has 0 spiro atoms. The number of hydrogen-bond donors (Lipinski definition) is 1. The van der Waals surface area contributed by atoms with E-state index in [4.69, 9.17) is 0 Å². The first-order valence-electron chi connectivity index (χ1n) is 6.82. The van der Waals surface area contributed by atoms with Crippen LogP contribution in [0.3, 0.4) is 0 Å². The Morgan fingerprint density at radius 3 is 2.78 bits per heavy atom. The third-order valence-corrected chi connectivity index (χ3v) is 4.05. The molecule has 1 atom stereocenters. The van der Waals surface area contributed by atoms with Gasteiger partial charge in [0.25, 0.3) is 0 Å². The minimum absolute atomic E-state index is 0.0547. The molecule has 0 aliphatic carbocycles. The van der Waals surface area contributed by atoms with Gasteiger partial charge in [-0.25, -0.2) is 0 Å². The largest absolute Gasteiger partial charge is 0.325 e. The molecule has 0 fully saturated rings. The Kier molecular flexibility index (Phi) is 4.81. The number of unbranched alkanes of at least 4 members (excludes halogenated alkanes) is 4. The maximum atomic E-state index is 11.9. The van der Waals surface area contributed by atoms with Crippen LogP contribution in [0.2, 0.25) is 0 Å². The average molecular weight is 310 g/mol. The van der Waals surface area contributed by atoms with Crippen LogP contribution >= 0.6 is 15.9 Å². The van der Waals surface area contributed by atoms with Crippen LogP contribution < -0.4 is 5.32 Å². The van der Waals surface area contributed by atoms with Gasteiger partial charge < -0.3 is 5.32 Å². The summed E-state index contributed by atoms with van der Waals surface area (Å²) in [7, 11) is 0. The number of fused-ring (bicyclic) bond motifs is 1. The predicted molar refractivity (Wildman–Crippen MR) is 78.9 cm³/mol. The molecule has 0 saturated carbocycles. The molecule has 1 N–H and O–H groups in total. The van der Waals surface area contributed by atoms with E-state index in [0.717, 1.165) is 28.6 Å². The van der Waals surface area contributed by atoms with Crippen LogP contribution in [-0.4, -0.2) is 5.91 Å². The fourth-order valence-electron chi connectivity index (χ4n) is 2.54. The third kappa shape index (κ3) is 3.14. The molecule has 0 aromatic heterocycles. The molecule has 2 rings (SSSR count). The molecule has 1 aromatic rings. The zero-order chi connectivity index (χ0) is 13.0. The van der Waals surface area contributed by atoms with E-state index >= 15 is 0 Å². The van der Waals surface area contributed by atoms with Crippen molar-refractivity contribution in [2.24, 2.45) is 0 Å². The van der Waals surface area contributed by atoms with Crippen molar-refractivity contribution in [1.82, 2.24) is 0 Å². The minimum atomic E-state index is 0.0547. The van der Waals surface area contributed by atoms with Gasteiger partial charge in [-0.2, -0.15) is 0 Å². The Balaban J connectivity index is 1.93. The first kappa shape index (κ1) is 13.6. The predicted octanol–water partition coefficient (Wildman–Crippen LogP) is 4.85. The smallest absolute Gasteiger partial charge is 0.232 e. The standard InChI is InChI=1S/C15H20BrNO/c1-2-3-4-5-6-7-12-13-10-11(16)8-9-14(13)17-15(12)18/h8-10,12H,2-7H2,1H3,(H,17,18). The monoisotopic (exact) mass is 309 g/mol. The Morgan fingerprint density at radius 1 is 1.22 bits per heavy atom. The van der Waals surface area contributed by atoms with Crippen molar-refractivity contribution < 1.29 is 4.79 Å². The van der Waals surface area contributed by atoms with E-state index in [2.05, 4.69) is 34.2 Å². The van der Waals surface area contributed by atoms with Gasteiger partial charge in [-0.05, 0) is 30.2 Å². The van der Waals surface area contributed by atoms with Crippen LogP contribution in [0.5, 0.6) is 0 Å². The van der Waals surface area contributed by atoms with Crippen molar-refractivity contribution >= 4 is 27.5 Å². The molecule has 98 valence electrons. The highest BCUT2D eigenvalue weighted by atomic mass is 79.9. The molecule has 1 heterocycles. The highest BCUT2D eigenvalue weighted by molar-refractivity contribution is 9.10. The van der Waals surface area contributed by atoms with Crippen molar-refractivity contribution in [3.8, 4) is 0 Å². The van der Waals surface area contributed by atoms with Crippen molar-refractivity contribution in [3.05, 3.63) is 28.2 Å². The summed E-state index contributed by atoms with van der Waals surface area (Å²) in [6.07, 6.45) is 7.21. The third-order valence-electron chi connectivity index (χ3n) is 3.56. The molecule has 3 heteroatoms. The summed E-state index contributed by atoms with van der Waals surface area (Å²) in [4.78, 5) is 11.9. The van der Waals surface area contributed by atoms with Crippen molar-refractivity contribution in [2.75, 3.05) is 5.32 Å².